The molecule has 2 heteroatoms. The molecule has 17 heavy (non-hydrogen) atoms. The van der Waals surface area contributed by atoms with E-state index in [0.717, 1.165) is 12.2 Å². The summed E-state index contributed by atoms with van der Waals surface area (Å²) in [5.74, 6) is 1.23. The molecule has 0 radical (unpaired) electrons. The molecule has 2 rings (SSSR count). The van der Waals surface area contributed by atoms with Gasteiger partial charge in [0.15, 0.2) is 0 Å². The predicted octanol–water partition coefficient (Wildman–Crippen LogP) is 3.34. The Labute approximate surface area is 103 Å². The Hall–Kier alpha value is -1.31. The number of Topliss-reactive ketones (excluding diaryl/α,β-unsaturated/α-hetero) is 1. The first-order chi connectivity index (χ1) is 7.91. The lowest BCUT2D eigenvalue weighted by atomic mass is 9.65. The zero-order valence-corrected chi connectivity index (χ0v) is 11.0. The molecule has 92 valence electrons. The SMILES string of the molecule is COc1ccc(C2(C)CCC(=O)C2(C)C)cc1. The van der Waals surface area contributed by atoms with Gasteiger partial charge in [-0.2, -0.15) is 0 Å². The van der Waals surface area contributed by atoms with E-state index < -0.39 is 0 Å². The van der Waals surface area contributed by atoms with Crippen molar-refractivity contribution in [1.29, 1.82) is 0 Å². The maximum atomic E-state index is 12.0. The van der Waals surface area contributed by atoms with Crippen LogP contribution in [0.3, 0.4) is 0 Å². The molecule has 0 N–H and O–H groups in total. The Balaban J connectivity index is 2.41. The van der Waals surface area contributed by atoms with E-state index >= 15 is 0 Å². The van der Waals surface area contributed by atoms with Gasteiger partial charge in [-0.25, -0.2) is 0 Å². The second-order valence-corrected chi connectivity index (χ2v) is 5.61. The Morgan fingerprint density at radius 3 is 2.12 bits per heavy atom. The van der Waals surface area contributed by atoms with Crippen molar-refractivity contribution in [3.63, 3.8) is 0 Å². The third-order valence-electron chi connectivity index (χ3n) is 4.66. The van der Waals surface area contributed by atoms with Gasteiger partial charge in [-0.1, -0.05) is 32.9 Å². The van der Waals surface area contributed by atoms with E-state index in [2.05, 4.69) is 32.9 Å². The lowest BCUT2D eigenvalue weighted by Gasteiger charge is -2.37. The van der Waals surface area contributed by atoms with Gasteiger partial charge in [0.05, 0.1) is 7.11 Å². The molecular formula is C15H20O2. The molecule has 0 saturated heterocycles. The van der Waals surface area contributed by atoms with Gasteiger partial charge >= 0.3 is 0 Å². The van der Waals surface area contributed by atoms with Crippen LogP contribution < -0.4 is 4.74 Å². The Kier molecular flexibility index (Phi) is 2.76. The highest BCUT2D eigenvalue weighted by Crippen LogP contribution is 2.51. The van der Waals surface area contributed by atoms with Crippen LogP contribution in [0.2, 0.25) is 0 Å². The number of benzene rings is 1. The molecule has 0 spiro atoms. The second kappa shape index (κ2) is 3.86. The average molecular weight is 232 g/mol. The van der Waals surface area contributed by atoms with Crippen LogP contribution in [0.1, 0.15) is 39.2 Å². The number of rotatable bonds is 2. The molecule has 1 aliphatic rings. The summed E-state index contributed by atoms with van der Waals surface area (Å²) in [4.78, 5) is 12.0. The maximum absolute atomic E-state index is 12.0. The first-order valence-corrected chi connectivity index (χ1v) is 6.09. The zero-order valence-electron chi connectivity index (χ0n) is 11.0. The van der Waals surface area contributed by atoms with E-state index in [9.17, 15) is 4.79 Å². The number of hydrogen-bond donors (Lipinski definition) is 0. The number of carbonyl (C=O) groups excluding carboxylic acids is 1. The molecule has 2 nitrogen and oxygen atoms in total. The van der Waals surface area contributed by atoms with E-state index in [1.165, 1.54) is 5.56 Å². The van der Waals surface area contributed by atoms with E-state index in [4.69, 9.17) is 4.74 Å². The average Bonchev–Trinajstić information content (AvgIpc) is 2.54. The number of ketones is 1. The first-order valence-electron chi connectivity index (χ1n) is 6.09. The van der Waals surface area contributed by atoms with E-state index in [1.54, 1.807) is 7.11 Å². The molecule has 1 unspecified atom stereocenters. The molecule has 1 aromatic rings. The van der Waals surface area contributed by atoms with Crippen LogP contribution >= 0.6 is 0 Å². The number of methoxy groups -OCH3 is 1. The summed E-state index contributed by atoms with van der Waals surface area (Å²) in [5.41, 5.74) is 0.895. The standard InChI is InChI=1S/C15H20O2/c1-14(2)13(16)9-10-15(14,3)11-5-7-12(17-4)8-6-11/h5-8H,9-10H2,1-4H3. The molecule has 0 amide bonds. The van der Waals surface area contributed by atoms with Crippen LogP contribution in [0.4, 0.5) is 0 Å². The fourth-order valence-electron chi connectivity index (χ4n) is 2.76. The summed E-state index contributed by atoms with van der Waals surface area (Å²) in [5, 5.41) is 0. The minimum absolute atomic E-state index is 0.0592. The summed E-state index contributed by atoms with van der Waals surface area (Å²) in [6, 6.07) is 8.11. The molecule has 0 bridgehead atoms. The quantitative estimate of drug-likeness (QED) is 0.781. The monoisotopic (exact) mass is 232 g/mol. The van der Waals surface area contributed by atoms with E-state index in [-0.39, 0.29) is 10.8 Å². The molecule has 1 fully saturated rings. The van der Waals surface area contributed by atoms with Crippen LogP contribution in [-0.4, -0.2) is 12.9 Å². The van der Waals surface area contributed by atoms with Gasteiger partial charge in [0, 0.05) is 17.3 Å². The molecule has 1 saturated carbocycles. The third kappa shape index (κ3) is 1.67. The Bertz CT molecular complexity index is 431. The molecule has 0 aromatic heterocycles. The summed E-state index contributed by atoms with van der Waals surface area (Å²) in [6.07, 6.45) is 1.63. The minimum atomic E-state index is -0.276. The Morgan fingerprint density at radius 2 is 1.71 bits per heavy atom. The normalized spacial score (nSPS) is 27.2. The lowest BCUT2D eigenvalue weighted by molar-refractivity contribution is -0.125. The molecule has 0 heterocycles. The Morgan fingerprint density at radius 1 is 1.12 bits per heavy atom. The topological polar surface area (TPSA) is 26.3 Å². The van der Waals surface area contributed by atoms with Crippen molar-refractivity contribution in [2.24, 2.45) is 5.41 Å². The molecule has 0 aliphatic heterocycles. The van der Waals surface area contributed by atoms with Crippen LogP contribution in [0, 0.1) is 5.41 Å². The number of hydrogen-bond acceptors (Lipinski definition) is 2. The summed E-state index contributed by atoms with van der Waals surface area (Å²) < 4.78 is 5.17. The van der Waals surface area contributed by atoms with Crippen molar-refractivity contribution in [2.45, 2.75) is 39.0 Å². The summed E-state index contributed by atoms with van der Waals surface area (Å²) in [6.45, 7) is 6.32. The number of ether oxygens (including phenoxy) is 1. The first kappa shape index (κ1) is 12.2. The van der Waals surface area contributed by atoms with Crippen molar-refractivity contribution in [3.05, 3.63) is 29.8 Å². The molecule has 1 aromatic carbocycles. The van der Waals surface area contributed by atoms with Gasteiger partial charge in [-0.3, -0.25) is 4.79 Å². The van der Waals surface area contributed by atoms with Crippen molar-refractivity contribution >= 4 is 5.78 Å². The van der Waals surface area contributed by atoms with Crippen LogP contribution in [0.15, 0.2) is 24.3 Å². The van der Waals surface area contributed by atoms with Crippen LogP contribution in [0.5, 0.6) is 5.75 Å². The molecule has 1 atom stereocenters. The predicted molar refractivity (Wildman–Crippen MR) is 68.4 cm³/mol. The molecule has 1 aliphatic carbocycles. The third-order valence-corrected chi connectivity index (χ3v) is 4.66. The summed E-state index contributed by atoms with van der Waals surface area (Å²) in [7, 11) is 1.67. The highest BCUT2D eigenvalue weighted by molar-refractivity contribution is 5.88. The summed E-state index contributed by atoms with van der Waals surface area (Å²) >= 11 is 0. The van der Waals surface area contributed by atoms with Gasteiger partial charge < -0.3 is 4.74 Å². The van der Waals surface area contributed by atoms with E-state index in [0.29, 0.717) is 12.2 Å². The lowest BCUT2D eigenvalue weighted by Crippen LogP contribution is -2.38. The number of carbonyl (C=O) groups is 1. The van der Waals surface area contributed by atoms with Gasteiger partial charge in [-0.05, 0) is 24.1 Å². The zero-order chi connectivity index (χ0) is 12.7. The largest absolute Gasteiger partial charge is 0.497 e. The van der Waals surface area contributed by atoms with Gasteiger partial charge in [0.25, 0.3) is 0 Å². The van der Waals surface area contributed by atoms with Crippen molar-refractivity contribution in [1.82, 2.24) is 0 Å². The van der Waals surface area contributed by atoms with Crippen molar-refractivity contribution < 1.29 is 9.53 Å². The minimum Gasteiger partial charge on any atom is -0.497 e. The smallest absolute Gasteiger partial charge is 0.139 e. The maximum Gasteiger partial charge on any atom is 0.139 e. The van der Waals surface area contributed by atoms with Gasteiger partial charge in [0.1, 0.15) is 11.5 Å². The van der Waals surface area contributed by atoms with Gasteiger partial charge in [-0.15, -0.1) is 0 Å². The highest BCUT2D eigenvalue weighted by atomic mass is 16.5. The van der Waals surface area contributed by atoms with Crippen LogP contribution in [-0.2, 0) is 10.2 Å². The second-order valence-electron chi connectivity index (χ2n) is 5.61. The van der Waals surface area contributed by atoms with Gasteiger partial charge in [0.2, 0.25) is 0 Å². The van der Waals surface area contributed by atoms with Crippen molar-refractivity contribution in [2.75, 3.05) is 7.11 Å². The van der Waals surface area contributed by atoms with E-state index in [1.807, 2.05) is 12.1 Å². The fourth-order valence-corrected chi connectivity index (χ4v) is 2.76. The highest BCUT2D eigenvalue weighted by Gasteiger charge is 2.51. The van der Waals surface area contributed by atoms with Crippen molar-refractivity contribution in [3.8, 4) is 5.75 Å². The van der Waals surface area contributed by atoms with Crippen LogP contribution in [0.25, 0.3) is 0 Å². The fraction of sp³-hybridized carbons (Fsp3) is 0.533. The molecular weight excluding hydrogens is 212 g/mol.